The Morgan fingerprint density at radius 3 is 2.67 bits per heavy atom. The lowest BCUT2D eigenvalue weighted by atomic mass is 10.0. The molecule has 1 heterocycles. The van der Waals surface area contributed by atoms with Crippen LogP contribution >= 0.6 is 27.3 Å². The van der Waals surface area contributed by atoms with Crippen LogP contribution in [-0.4, -0.2) is 6.29 Å². The lowest BCUT2D eigenvalue weighted by Gasteiger charge is -2.13. The predicted octanol–water partition coefficient (Wildman–Crippen LogP) is 5.24. The largest absolute Gasteiger partial charge is 0.446 e. The highest BCUT2D eigenvalue weighted by molar-refractivity contribution is 9.10. The second-order valence-electron chi connectivity index (χ2n) is 4.21. The number of carbonyl (C=O) groups excluding carboxylic acids is 1. The van der Waals surface area contributed by atoms with Crippen LogP contribution in [0.2, 0.25) is 0 Å². The van der Waals surface area contributed by atoms with Crippen LogP contribution in [0.1, 0.15) is 35.0 Å². The number of halogens is 1. The van der Waals surface area contributed by atoms with Gasteiger partial charge in [-0.25, -0.2) is 0 Å². The molecule has 18 heavy (non-hydrogen) atoms. The number of ether oxygens (including phenoxy) is 1. The number of thiophene rings is 1. The van der Waals surface area contributed by atoms with Gasteiger partial charge in [-0.05, 0) is 41.8 Å². The van der Waals surface area contributed by atoms with Crippen LogP contribution in [0.15, 0.2) is 34.8 Å². The van der Waals surface area contributed by atoms with Gasteiger partial charge in [0.25, 0.3) is 0 Å². The molecule has 0 amide bonds. The molecule has 2 aromatic rings. The van der Waals surface area contributed by atoms with Crippen LogP contribution in [0.4, 0.5) is 0 Å². The van der Waals surface area contributed by atoms with E-state index in [-0.39, 0.29) is 0 Å². The average molecular weight is 325 g/mol. The first-order chi connectivity index (χ1) is 8.60. The van der Waals surface area contributed by atoms with Gasteiger partial charge in [-0.1, -0.05) is 41.1 Å². The molecular formula is C14H13BrO2S. The van der Waals surface area contributed by atoms with Gasteiger partial charge in [-0.15, -0.1) is 0 Å². The second kappa shape index (κ2) is 5.67. The molecule has 1 aromatic carbocycles. The summed E-state index contributed by atoms with van der Waals surface area (Å²) in [6, 6.07) is 9.55. The molecule has 2 nitrogen and oxygen atoms in total. The Hall–Kier alpha value is -1.13. The van der Waals surface area contributed by atoms with E-state index in [4.69, 9.17) is 4.74 Å². The minimum Gasteiger partial charge on any atom is -0.446 e. The summed E-state index contributed by atoms with van der Waals surface area (Å²) in [5.41, 5.74) is 1.14. The summed E-state index contributed by atoms with van der Waals surface area (Å²) in [6.45, 7) is 4.25. The highest BCUT2D eigenvalue weighted by Gasteiger charge is 2.10. The quantitative estimate of drug-likeness (QED) is 0.719. The van der Waals surface area contributed by atoms with Crippen molar-refractivity contribution in [2.24, 2.45) is 0 Å². The summed E-state index contributed by atoms with van der Waals surface area (Å²) in [4.78, 5) is 11.3. The molecule has 0 unspecified atom stereocenters. The molecule has 2 rings (SSSR count). The molecule has 0 bridgehead atoms. The summed E-state index contributed by atoms with van der Waals surface area (Å²) in [5, 5.41) is 0.737. The van der Waals surface area contributed by atoms with Gasteiger partial charge in [-0.2, -0.15) is 0 Å². The van der Waals surface area contributed by atoms with E-state index in [0.29, 0.717) is 10.8 Å². The van der Waals surface area contributed by atoms with Gasteiger partial charge >= 0.3 is 0 Å². The highest BCUT2D eigenvalue weighted by atomic mass is 79.9. The molecule has 0 aliphatic carbocycles. The molecular weight excluding hydrogens is 312 g/mol. The Bertz CT molecular complexity index is 561. The van der Waals surface area contributed by atoms with Crippen molar-refractivity contribution in [3.05, 3.63) is 45.2 Å². The minimum atomic E-state index is 0.378. The molecule has 0 N–H and O–H groups in total. The second-order valence-corrected chi connectivity index (χ2v) is 6.21. The molecule has 0 aliphatic rings. The zero-order chi connectivity index (χ0) is 13.1. The predicted molar refractivity (Wildman–Crippen MR) is 78.0 cm³/mol. The fourth-order valence-electron chi connectivity index (χ4n) is 1.62. The molecule has 4 heteroatoms. The fraction of sp³-hybridized carbons (Fsp3) is 0.214. The first kappa shape index (κ1) is 13.3. The maximum atomic E-state index is 10.6. The van der Waals surface area contributed by atoms with Crippen molar-refractivity contribution in [2.75, 3.05) is 0 Å². The Kier molecular flexibility index (Phi) is 4.19. The standard InChI is InChI=1S/C14H13BrO2S/c1-9(2)12-7-10(15)3-5-13(12)17-14-6-4-11(8-16)18-14/h3-9H,1-2H3. The van der Waals surface area contributed by atoms with Crippen molar-refractivity contribution in [3.63, 3.8) is 0 Å². The zero-order valence-corrected chi connectivity index (χ0v) is 12.5. The van der Waals surface area contributed by atoms with Gasteiger partial charge in [0.1, 0.15) is 5.75 Å². The smallest absolute Gasteiger partial charge is 0.181 e. The Labute approximate surface area is 119 Å². The van der Waals surface area contributed by atoms with Crippen molar-refractivity contribution >= 4 is 33.6 Å². The Balaban J connectivity index is 2.30. The van der Waals surface area contributed by atoms with Crippen molar-refractivity contribution < 1.29 is 9.53 Å². The fourth-order valence-corrected chi connectivity index (χ4v) is 2.69. The van der Waals surface area contributed by atoms with Gasteiger partial charge in [0.15, 0.2) is 11.3 Å². The number of hydrogen-bond acceptors (Lipinski definition) is 3. The van der Waals surface area contributed by atoms with Crippen molar-refractivity contribution in [1.29, 1.82) is 0 Å². The third-order valence-corrected chi connectivity index (χ3v) is 3.90. The maximum absolute atomic E-state index is 10.6. The van der Waals surface area contributed by atoms with Crippen LogP contribution in [-0.2, 0) is 0 Å². The van der Waals surface area contributed by atoms with Gasteiger partial charge in [0.2, 0.25) is 0 Å². The molecule has 0 aliphatic heterocycles. The van der Waals surface area contributed by atoms with Crippen LogP contribution in [0.25, 0.3) is 0 Å². The average Bonchev–Trinajstić information content (AvgIpc) is 2.79. The van der Waals surface area contributed by atoms with E-state index in [1.807, 2.05) is 18.2 Å². The van der Waals surface area contributed by atoms with E-state index in [1.54, 1.807) is 6.07 Å². The third kappa shape index (κ3) is 3.00. The normalized spacial score (nSPS) is 10.7. The minimum absolute atomic E-state index is 0.378. The van der Waals surface area contributed by atoms with Gasteiger partial charge < -0.3 is 4.74 Å². The SMILES string of the molecule is CC(C)c1cc(Br)ccc1Oc1ccc(C=O)s1. The Morgan fingerprint density at radius 1 is 1.28 bits per heavy atom. The number of aldehydes is 1. The molecule has 0 fully saturated rings. The van der Waals surface area contributed by atoms with E-state index in [0.717, 1.165) is 27.1 Å². The molecule has 0 atom stereocenters. The maximum Gasteiger partial charge on any atom is 0.181 e. The number of rotatable bonds is 4. The number of hydrogen-bond donors (Lipinski definition) is 0. The van der Waals surface area contributed by atoms with E-state index >= 15 is 0 Å². The summed E-state index contributed by atoms with van der Waals surface area (Å²) in [6.07, 6.45) is 0.836. The van der Waals surface area contributed by atoms with Crippen LogP contribution in [0, 0.1) is 0 Å². The zero-order valence-electron chi connectivity index (χ0n) is 10.1. The summed E-state index contributed by atoms with van der Waals surface area (Å²) < 4.78 is 6.89. The van der Waals surface area contributed by atoms with E-state index in [9.17, 15) is 4.79 Å². The van der Waals surface area contributed by atoms with E-state index in [1.165, 1.54) is 11.3 Å². The molecule has 0 saturated heterocycles. The van der Waals surface area contributed by atoms with Gasteiger partial charge in [0.05, 0.1) is 4.88 Å². The molecule has 0 spiro atoms. The number of carbonyl (C=O) groups is 1. The lowest BCUT2D eigenvalue weighted by Crippen LogP contribution is -1.93. The van der Waals surface area contributed by atoms with Crippen molar-refractivity contribution in [2.45, 2.75) is 19.8 Å². The molecule has 0 radical (unpaired) electrons. The van der Waals surface area contributed by atoms with Crippen molar-refractivity contribution in [3.8, 4) is 10.8 Å². The highest BCUT2D eigenvalue weighted by Crippen LogP contribution is 2.35. The molecule has 0 saturated carbocycles. The molecule has 1 aromatic heterocycles. The van der Waals surface area contributed by atoms with E-state index in [2.05, 4.69) is 35.8 Å². The first-order valence-corrected chi connectivity index (χ1v) is 7.23. The van der Waals surface area contributed by atoms with Crippen molar-refractivity contribution in [1.82, 2.24) is 0 Å². The first-order valence-electron chi connectivity index (χ1n) is 5.62. The summed E-state index contributed by atoms with van der Waals surface area (Å²) >= 11 is 4.82. The van der Waals surface area contributed by atoms with Gasteiger partial charge in [-0.3, -0.25) is 4.79 Å². The monoisotopic (exact) mass is 324 g/mol. The van der Waals surface area contributed by atoms with Crippen LogP contribution < -0.4 is 4.74 Å². The number of benzene rings is 1. The van der Waals surface area contributed by atoms with Gasteiger partial charge in [0, 0.05) is 4.47 Å². The molecule has 94 valence electrons. The summed E-state index contributed by atoms with van der Waals surface area (Å²) in [5.74, 6) is 1.22. The lowest BCUT2D eigenvalue weighted by molar-refractivity contribution is 0.112. The van der Waals surface area contributed by atoms with E-state index < -0.39 is 0 Å². The van der Waals surface area contributed by atoms with Crippen LogP contribution in [0.3, 0.4) is 0 Å². The summed E-state index contributed by atoms with van der Waals surface area (Å²) in [7, 11) is 0. The topological polar surface area (TPSA) is 26.3 Å². The Morgan fingerprint density at radius 2 is 2.06 bits per heavy atom. The van der Waals surface area contributed by atoms with Crippen LogP contribution in [0.5, 0.6) is 10.8 Å². The third-order valence-electron chi connectivity index (χ3n) is 2.52.